The van der Waals surface area contributed by atoms with E-state index in [1.54, 1.807) is 12.1 Å². The lowest BCUT2D eigenvalue weighted by atomic mass is 9.81. The van der Waals surface area contributed by atoms with Gasteiger partial charge in [0.25, 0.3) is 0 Å². The van der Waals surface area contributed by atoms with Crippen LogP contribution in [0.5, 0.6) is 11.5 Å². The Morgan fingerprint density at radius 1 is 1.04 bits per heavy atom. The van der Waals surface area contributed by atoms with Crippen molar-refractivity contribution in [3.63, 3.8) is 0 Å². The fraction of sp³-hybridized carbons (Fsp3) is 0.556. The number of rotatable bonds is 5. The van der Waals surface area contributed by atoms with Gasteiger partial charge in [0, 0.05) is 30.1 Å². The maximum atomic E-state index is 12.4. The number of hydrogen-bond acceptors (Lipinski definition) is 4. The second-order valence-electron chi connectivity index (χ2n) is 6.40. The lowest BCUT2D eigenvalue weighted by Crippen LogP contribution is -2.35. The summed E-state index contributed by atoms with van der Waals surface area (Å²) in [6.07, 6.45) is 3.99. The van der Waals surface area contributed by atoms with Gasteiger partial charge in [-0.3, -0.25) is 9.59 Å². The van der Waals surface area contributed by atoms with Crippen LogP contribution in [-0.4, -0.2) is 25.2 Å². The first-order valence-electron chi connectivity index (χ1n) is 8.65. The number of fused-ring (bicyclic) bond motifs is 1. The Kier molecular flexibility index (Phi) is 5.23. The van der Waals surface area contributed by atoms with Crippen LogP contribution < -0.4 is 20.1 Å². The molecule has 1 saturated carbocycles. The summed E-state index contributed by atoms with van der Waals surface area (Å²) < 4.78 is 10.6. The summed E-state index contributed by atoms with van der Waals surface area (Å²) in [7, 11) is 0. The predicted octanol–water partition coefficient (Wildman–Crippen LogP) is 2.69. The molecule has 2 aliphatic rings. The SMILES string of the molecule is CCCNC(=O)C1CCC(C(=O)Nc2ccc3c(c2)OCO3)CC1. The summed E-state index contributed by atoms with van der Waals surface area (Å²) in [5.41, 5.74) is 0.715. The predicted molar refractivity (Wildman–Crippen MR) is 89.9 cm³/mol. The molecule has 1 aliphatic carbocycles. The number of nitrogens with one attached hydrogen (secondary N) is 2. The van der Waals surface area contributed by atoms with Crippen LogP contribution in [0.15, 0.2) is 18.2 Å². The van der Waals surface area contributed by atoms with Crippen molar-refractivity contribution < 1.29 is 19.1 Å². The zero-order valence-electron chi connectivity index (χ0n) is 14.0. The molecule has 1 aromatic carbocycles. The highest BCUT2D eigenvalue weighted by Gasteiger charge is 2.30. The van der Waals surface area contributed by atoms with Crippen LogP contribution in [-0.2, 0) is 9.59 Å². The maximum absolute atomic E-state index is 12.4. The highest BCUT2D eigenvalue weighted by atomic mass is 16.7. The van der Waals surface area contributed by atoms with E-state index in [1.165, 1.54) is 0 Å². The van der Waals surface area contributed by atoms with Gasteiger partial charge >= 0.3 is 0 Å². The van der Waals surface area contributed by atoms with E-state index in [1.807, 2.05) is 13.0 Å². The van der Waals surface area contributed by atoms with Gasteiger partial charge in [-0.25, -0.2) is 0 Å². The summed E-state index contributed by atoms with van der Waals surface area (Å²) in [5.74, 6) is 1.51. The first-order chi connectivity index (χ1) is 11.7. The van der Waals surface area contributed by atoms with Crippen LogP contribution in [0, 0.1) is 11.8 Å². The molecule has 2 N–H and O–H groups in total. The van der Waals surface area contributed by atoms with E-state index in [0.29, 0.717) is 17.2 Å². The number of hydrogen-bond donors (Lipinski definition) is 2. The average Bonchev–Trinajstić information content (AvgIpc) is 3.07. The highest BCUT2D eigenvalue weighted by molar-refractivity contribution is 5.93. The Bertz CT molecular complexity index is 609. The molecule has 1 fully saturated rings. The van der Waals surface area contributed by atoms with Crippen LogP contribution >= 0.6 is 0 Å². The van der Waals surface area contributed by atoms with Crippen LogP contribution in [0.4, 0.5) is 5.69 Å². The molecule has 0 bridgehead atoms. The van der Waals surface area contributed by atoms with Crippen molar-refractivity contribution in [3.8, 4) is 11.5 Å². The minimum atomic E-state index is -0.0364. The first-order valence-corrected chi connectivity index (χ1v) is 8.65. The quantitative estimate of drug-likeness (QED) is 0.869. The molecule has 1 heterocycles. The summed E-state index contributed by atoms with van der Waals surface area (Å²) in [6.45, 7) is 2.98. The molecule has 1 aromatic rings. The average molecular weight is 332 g/mol. The van der Waals surface area contributed by atoms with Crippen molar-refractivity contribution in [2.45, 2.75) is 39.0 Å². The fourth-order valence-electron chi connectivity index (χ4n) is 3.23. The number of carbonyl (C=O) groups is 2. The number of ether oxygens (including phenoxy) is 2. The molecule has 24 heavy (non-hydrogen) atoms. The maximum Gasteiger partial charge on any atom is 0.231 e. The van der Waals surface area contributed by atoms with Gasteiger partial charge in [0.1, 0.15) is 0 Å². The molecule has 0 unspecified atom stereocenters. The lowest BCUT2D eigenvalue weighted by molar-refractivity contribution is -0.128. The van der Waals surface area contributed by atoms with Crippen LogP contribution in [0.3, 0.4) is 0 Å². The second-order valence-corrected chi connectivity index (χ2v) is 6.40. The normalized spacial score (nSPS) is 22.0. The topological polar surface area (TPSA) is 76.7 Å². The Morgan fingerprint density at radius 3 is 2.42 bits per heavy atom. The number of anilines is 1. The number of benzene rings is 1. The fourth-order valence-corrected chi connectivity index (χ4v) is 3.23. The van der Waals surface area contributed by atoms with E-state index in [4.69, 9.17) is 9.47 Å². The van der Waals surface area contributed by atoms with Crippen molar-refractivity contribution in [1.82, 2.24) is 5.32 Å². The van der Waals surface area contributed by atoms with Crippen molar-refractivity contribution in [2.24, 2.45) is 11.8 Å². The van der Waals surface area contributed by atoms with Gasteiger partial charge in [0.15, 0.2) is 11.5 Å². The van der Waals surface area contributed by atoms with E-state index in [0.717, 1.165) is 38.6 Å². The third-order valence-electron chi connectivity index (χ3n) is 4.66. The van der Waals surface area contributed by atoms with E-state index in [-0.39, 0.29) is 30.4 Å². The Balaban J connectivity index is 1.49. The molecule has 2 amide bonds. The Labute approximate surface area is 141 Å². The highest BCUT2D eigenvalue weighted by Crippen LogP contribution is 2.35. The Morgan fingerprint density at radius 2 is 1.71 bits per heavy atom. The van der Waals surface area contributed by atoms with Gasteiger partial charge in [-0.15, -0.1) is 0 Å². The van der Waals surface area contributed by atoms with Gasteiger partial charge in [0.2, 0.25) is 18.6 Å². The molecule has 0 spiro atoms. The van der Waals surface area contributed by atoms with E-state index >= 15 is 0 Å². The molecule has 130 valence electrons. The molecule has 0 radical (unpaired) electrons. The van der Waals surface area contributed by atoms with Crippen molar-refractivity contribution in [3.05, 3.63) is 18.2 Å². The molecule has 0 atom stereocenters. The van der Waals surface area contributed by atoms with Crippen molar-refractivity contribution in [1.29, 1.82) is 0 Å². The molecule has 6 nitrogen and oxygen atoms in total. The van der Waals surface area contributed by atoms with Gasteiger partial charge in [0.05, 0.1) is 0 Å². The third-order valence-corrected chi connectivity index (χ3v) is 4.66. The minimum absolute atomic E-state index is 0.0151. The summed E-state index contributed by atoms with van der Waals surface area (Å²) in [4.78, 5) is 24.4. The molecule has 0 saturated heterocycles. The van der Waals surface area contributed by atoms with Crippen LogP contribution in [0.25, 0.3) is 0 Å². The zero-order chi connectivity index (χ0) is 16.9. The molecule has 0 aromatic heterocycles. The van der Waals surface area contributed by atoms with Crippen molar-refractivity contribution >= 4 is 17.5 Å². The van der Waals surface area contributed by atoms with E-state index in [2.05, 4.69) is 10.6 Å². The van der Waals surface area contributed by atoms with Gasteiger partial charge in [-0.1, -0.05) is 6.92 Å². The largest absolute Gasteiger partial charge is 0.454 e. The van der Waals surface area contributed by atoms with E-state index < -0.39 is 0 Å². The molecular formula is C18H24N2O4. The van der Waals surface area contributed by atoms with Crippen molar-refractivity contribution in [2.75, 3.05) is 18.7 Å². The van der Waals surface area contributed by atoms with Gasteiger partial charge in [-0.05, 0) is 44.2 Å². The first kappa shape index (κ1) is 16.6. The Hall–Kier alpha value is -2.24. The summed E-state index contributed by atoms with van der Waals surface area (Å²) >= 11 is 0. The second kappa shape index (κ2) is 7.55. The zero-order valence-corrected chi connectivity index (χ0v) is 14.0. The molecule has 6 heteroatoms. The van der Waals surface area contributed by atoms with Gasteiger partial charge in [-0.2, -0.15) is 0 Å². The smallest absolute Gasteiger partial charge is 0.231 e. The lowest BCUT2D eigenvalue weighted by Gasteiger charge is -2.27. The standard InChI is InChI=1S/C18H24N2O4/c1-2-9-19-17(21)12-3-5-13(6-4-12)18(22)20-14-7-8-15-16(10-14)24-11-23-15/h7-8,10,12-13H,2-6,9,11H2,1H3,(H,19,21)(H,20,22). The monoisotopic (exact) mass is 332 g/mol. The minimum Gasteiger partial charge on any atom is -0.454 e. The summed E-state index contributed by atoms with van der Waals surface area (Å²) in [5, 5.41) is 5.89. The van der Waals surface area contributed by atoms with E-state index in [9.17, 15) is 9.59 Å². The van der Waals surface area contributed by atoms with Gasteiger partial charge < -0.3 is 20.1 Å². The van der Waals surface area contributed by atoms with Crippen LogP contribution in [0.1, 0.15) is 39.0 Å². The number of carbonyl (C=O) groups excluding carboxylic acids is 2. The molecule has 3 rings (SSSR count). The molecule has 1 aliphatic heterocycles. The van der Waals surface area contributed by atoms with Crippen LogP contribution in [0.2, 0.25) is 0 Å². The molecular weight excluding hydrogens is 308 g/mol. The summed E-state index contributed by atoms with van der Waals surface area (Å²) in [6, 6.07) is 5.40. The third kappa shape index (κ3) is 3.80. The number of amides is 2.